The average molecular weight is 312 g/mol. The molecule has 0 spiro atoms. The molecule has 1 aromatic carbocycles. The first kappa shape index (κ1) is 14.8. The van der Waals surface area contributed by atoms with Gasteiger partial charge in [-0.15, -0.1) is 5.10 Å². The van der Waals surface area contributed by atoms with Crippen LogP contribution in [0.3, 0.4) is 0 Å². The molecule has 3 rings (SSSR count). The molecule has 0 saturated carbocycles. The van der Waals surface area contributed by atoms with Crippen LogP contribution in [0.2, 0.25) is 0 Å². The Morgan fingerprint density at radius 2 is 2.13 bits per heavy atom. The summed E-state index contributed by atoms with van der Waals surface area (Å²) in [7, 11) is 0. The van der Waals surface area contributed by atoms with Gasteiger partial charge in [0.2, 0.25) is 5.91 Å². The summed E-state index contributed by atoms with van der Waals surface area (Å²) >= 11 is 0. The van der Waals surface area contributed by atoms with Gasteiger partial charge in [0.1, 0.15) is 18.5 Å². The molecular weight excluding hydrogens is 296 g/mol. The molecule has 23 heavy (non-hydrogen) atoms. The monoisotopic (exact) mass is 312 g/mol. The predicted octanol–water partition coefficient (Wildman–Crippen LogP) is -0.0212. The fraction of sp³-hybridized carbons (Fsp3) is 0.286. The molecule has 0 aliphatic rings. The maximum atomic E-state index is 12.6. The number of aryl methyl sites for hydroxylation is 1. The third-order valence-electron chi connectivity index (χ3n) is 3.37. The van der Waals surface area contributed by atoms with Crippen molar-refractivity contribution in [1.82, 2.24) is 40.3 Å². The van der Waals surface area contributed by atoms with Gasteiger partial charge in [0, 0.05) is 6.54 Å². The quantitative estimate of drug-likeness (QED) is 0.686. The number of hydrogen-bond acceptors (Lipinski definition) is 6. The molecule has 0 saturated heterocycles. The van der Waals surface area contributed by atoms with E-state index < -0.39 is 6.04 Å². The Kier molecular flexibility index (Phi) is 4.37. The van der Waals surface area contributed by atoms with Gasteiger partial charge in [-0.2, -0.15) is 5.10 Å². The van der Waals surface area contributed by atoms with Crippen LogP contribution in [-0.2, 0) is 11.3 Å². The molecule has 0 fully saturated rings. The molecule has 2 heterocycles. The molecular formula is C14H16N8O. The number of amides is 1. The van der Waals surface area contributed by atoms with Crippen LogP contribution >= 0.6 is 0 Å². The highest BCUT2D eigenvalue weighted by Crippen LogP contribution is 2.18. The van der Waals surface area contributed by atoms with Crippen molar-refractivity contribution in [2.75, 3.05) is 6.54 Å². The molecule has 0 radical (unpaired) electrons. The van der Waals surface area contributed by atoms with Crippen molar-refractivity contribution < 1.29 is 4.79 Å². The number of benzene rings is 1. The van der Waals surface area contributed by atoms with Crippen LogP contribution in [-0.4, -0.2) is 47.4 Å². The topological polar surface area (TPSA) is 103 Å². The molecule has 3 aromatic rings. The van der Waals surface area contributed by atoms with Gasteiger partial charge in [-0.05, 0) is 22.9 Å². The van der Waals surface area contributed by atoms with E-state index in [0.29, 0.717) is 18.9 Å². The maximum Gasteiger partial charge on any atom is 0.249 e. The number of hydrogen-bond donors (Lipinski definition) is 1. The zero-order valence-electron chi connectivity index (χ0n) is 12.6. The van der Waals surface area contributed by atoms with Gasteiger partial charge in [-0.1, -0.05) is 30.3 Å². The lowest BCUT2D eigenvalue weighted by Gasteiger charge is -2.17. The first-order chi connectivity index (χ1) is 11.3. The van der Waals surface area contributed by atoms with Crippen LogP contribution < -0.4 is 5.32 Å². The number of carbonyl (C=O) groups is 1. The summed E-state index contributed by atoms with van der Waals surface area (Å²) in [5.41, 5.74) is 0.821. The zero-order valence-corrected chi connectivity index (χ0v) is 12.6. The average Bonchev–Trinajstić information content (AvgIpc) is 3.21. The van der Waals surface area contributed by atoms with Crippen LogP contribution in [0.5, 0.6) is 0 Å². The Balaban J connectivity index is 1.75. The van der Waals surface area contributed by atoms with Gasteiger partial charge in [-0.3, -0.25) is 9.48 Å². The van der Waals surface area contributed by atoms with Crippen molar-refractivity contribution in [1.29, 1.82) is 0 Å². The van der Waals surface area contributed by atoms with Crippen molar-refractivity contribution in [3.05, 3.63) is 54.4 Å². The van der Waals surface area contributed by atoms with E-state index in [-0.39, 0.29) is 5.91 Å². The number of nitrogens with one attached hydrogen (secondary N) is 1. The van der Waals surface area contributed by atoms with E-state index in [4.69, 9.17) is 0 Å². The van der Waals surface area contributed by atoms with Crippen molar-refractivity contribution in [2.24, 2.45) is 0 Å². The van der Waals surface area contributed by atoms with Crippen molar-refractivity contribution in [3.8, 4) is 0 Å². The second-order valence-electron chi connectivity index (χ2n) is 4.93. The molecule has 118 valence electrons. The van der Waals surface area contributed by atoms with Gasteiger partial charge in [-0.25, -0.2) is 9.67 Å². The van der Waals surface area contributed by atoms with Crippen molar-refractivity contribution in [3.63, 3.8) is 0 Å². The van der Waals surface area contributed by atoms with Crippen LogP contribution in [0, 0.1) is 6.92 Å². The summed E-state index contributed by atoms with van der Waals surface area (Å²) in [4.78, 5) is 16.5. The molecule has 0 unspecified atom stereocenters. The Hall–Kier alpha value is -3.10. The van der Waals surface area contributed by atoms with Crippen LogP contribution in [0.4, 0.5) is 0 Å². The minimum Gasteiger partial charge on any atom is -0.352 e. The van der Waals surface area contributed by atoms with Crippen molar-refractivity contribution in [2.45, 2.75) is 19.5 Å². The largest absolute Gasteiger partial charge is 0.352 e. The lowest BCUT2D eigenvalue weighted by Crippen LogP contribution is -2.36. The summed E-state index contributed by atoms with van der Waals surface area (Å²) in [6, 6.07) is 8.80. The minimum absolute atomic E-state index is 0.174. The highest BCUT2D eigenvalue weighted by atomic mass is 16.2. The smallest absolute Gasteiger partial charge is 0.249 e. The summed E-state index contributed by atoms with van der Waals surface area (Å²) in [6.45, 7) is 2.74. The van der Waals surface area contributed by atoms with Gasteiger partial charge in [0.05, 0.1) is 6.54 Å². The minimum atomic E-state index is -0.609. The first-order valence-electron chi connectivity index (χ1n) is 7.15. The standard InChI is InChI=1S/C14H16N8O/c1-11-18-19-20-22(11)13(12-5-3-2-4-6-12)14(23)16-7-8-21-10-15-9-17-21/h2-6,9-10,13H,7-8H2,1H3,(H,16,23)/t13-/m0/s1. The SMILES string of the molecule is Cc1nnnn1[C@H](C(=O)NCCn1cncn1)c1ccccc1. The van der Waals surface area contributed by atoms with E-state index in [2.05, 4.69) is 30.9 Å². The third kappa shape index (κ3) is 3.39. The molecule has 0 aliphatic carbocycles. The molecule has 9 heteroatoms. The number of carbonyl (C=O) groups excluding carboxylic acids is 1. The first-order valence-corrected chi connectivity index (χ1v) is 7.15. The Morgan fingerprint density at radius 3 is 2.78 bits per heavy atom. The molecule has 2 aromatic heterocycles. The highest BCUT2D eigenvalue weighted by Gasteiger charge is 2.25. The van der Waals surface area contributed by atoms with Gasteiger partial charge < -0.3 is 5.32 Å². The number of nitrogens with zero attached hydrogens (tertiary/aromatic N) is 7. The van der Waals surface area contributed by atoms with Crippen molar-refractivity contribution >= 4 is 5.91 Å². The Bertz CT molecular complexity index is 752. The summed E-state index contributed by atoms with van der Waals surface area (Å²) in [6.07, 6.45) is 3.06. The summed E-state index contributed by atoms with van der Waals surface area (Å²) in [5, 5.41) is 18.3. The fourth-order valence-electron chi connectivity index (χ4n) is 2.25. The number of rotatable bonds is 6. The normalized spacial score (nSPS) is 12.0. The molecule has 0 bridgehead atoms. The lowest BCUT2D eigenvalue weighted by molar-refractivity contribution is -0.123. The Morgan fingerprint density at radius 1 is 1.30 bits per heavy atom. The van der Waals surface area contributed by atoms with Crippen LogP contribution in [0.25, 0.3) is 0 Å². The molecule has 1 N–H and O–H groups in total. The van der Waals surface area contributed by atoms with E-state index in [1.807, 2.05) is 30.3 Å². The second-order valence-corrected chi connectivity index (χ2v) is 4.93. The van der Waals surface area contributed by atoms with Crippen LogP contribution in [0.1, 0.15) is 17.4 Å². The van der Waals surface area contributed by atoms with E-state index in [0.717, 1.165) is 5.56 Å². The Labute approximate surface area is 132 Å². The predicted molar refractivity (Wildman–Crippen MR) is 80.2 cm³/mol. The molecule has 0 aliphatic heterocycles. The fourth-order valence-corrected chi connectivity index (χ4v) is 2.25. The lowest BCUT2D eigenvalue weighted by atomic mass is 10.1. The summed E-state index contributed by atoms with van der Waals surface area (Å²) < 4.78 is 3.17. The van der Waals surface area contributed by atoms with Gasteiger partial charge in [0.15, 0.2) is 6.04 Å². The second kappa shape index (κ2) is 6.77. The van der Waals surface area contributed by atoms with E-state index in [9.17, 15) is 4.79 Å². The summed E-state index contributed by atoms with van der Waals surface area (Å²) in [5.74, 6) is 0.400. The molecule has 1 atom stereocenters. The zero-order chi connectivity index (χ0) is 16.1. The highest BCUT2D eigenvalue weighted by molar-refractivity contribution is 5.83. The van der Waals surface area contributed by atoms with E-state index >= 15 is 0 Å². The number of tetrazole rings is 1. The van der Waals surface area contributed by atoms with Gasteiger partial charge >= 0.3 is 0 Å². The number of aromatic nitrogens is 7. The van der Waals surface area contributed by atoms with Crippen LogP contribution in [0.15, 0.2) is 43.0 Å². The molecule has 9 nitrogen and oxygen atoms in total. The van der Waals surface area contributed by atoms with Gasteiger partial charge in [0.25, 0.3) is 0 Å². The third-order valence-corrected chi connectivity index (χ3v) is 3.37. The van der Waals surface area contributed by atoms with E-state index in [1.54, 1.807) is 17.9 Å². The van der Waals surface area contributed by atoms with E-state index in [1.165, 1.54) is 11.0 Å². The molecule has 1 amide bonds. The maximum absolute atomic E-state index is 12.6.